The maximum Gasteiger partial charge on any atom is 0.224 e. The molecule has 6 heteroatoms. The van der Waals surface area contributed by atoms with Crippen LogP contribution >= 0.6 is 0 Å². The normalized spacial score (nSPS) is 12.0. The maximum absolute atomic E-state index is 12.7. The lowest BCUT2D eigenvalue weighted by molar-refractivity contribution is -0.121. The van der Waals surface area contributed by atoms with Gasteiger partial charge in [0, 0.05) is 6.54 Å². The van der Waals surface area contributed by atoms with E-state index in [1.165, 1.54) is 12.8 Å². The van der Waals surface area contributed by atoms with Gasteiger partial charge in [0.2, 0.25) is 5.91 Å². The Bertz CT molecular complexity index is 997. The number of rotatable bonds is 10. The molecular formula is C24H31N3O3. The van der Waals surface area contributed by atoms with Crippen LogP contribution in [-0.4, -0.2) is 29.7 Å². The van der Waals surface area contributed by atoms with Crippen LogP contribution in [0.3, 0.4) is 0 Å². The maximum atomic E-state index is 12.7. The number of para-hydroxylation sites is 2. The highest BCUT2D eigenvalue weighted by Crippen LogP contribution is 2.28. The first-order chi connectivity index (χ1) is 14.6. The number of benzene rings is 2. The molecule has 1 amide bonds. The average molecular weight is 410 g/mol. The third-order valence-electron chi connectivity index (χ3n) is 5.25. The van der Waals surface area contributed by atoms with Gasteiger partial charge in [0.15, 0.2) is 11.5 Å². The second kappa shape index (κ2) is 10.1. The van der Waals surface area contributed by atoms with E-state index < -0.39 is 0 Å². The van der Waals surface area contributed by atoms with Gasteiger partial charge < -0.3 is 19.4 Å². The molecular weight excluding hydrogens is 378 g/mol. The molecule has 1 unspecified atom stereocenters. The summed E-state index contributed by atoms with van der Waals surface area (Å²) in [5.41, 5.74) is 2.95. The summed E-state index contributed by atoms with van der Waals surface area (Å²) in [5.74, 6) is 2.11. The van der Waals surface area contributed by atoms with Gasteiger partial charge in [-0.05, 0) is 43.2 Å². The van der Waals surface area contributed by atoms with E-state index in [9.17, 15) is 4.79 Å². The van der Waals surface area contributed by atoms with Gasteiger partial charge in [-0.2, -0.15) is 0 Å². The monoisotopic (exact) mass is 409 g/mol. The van der Waals surface area contributed by atoms with E-state index in [0.29, 0.717) is 11.5 Å². The molecule has 160 valence electrons. The third kappa shape index (κ3) is 4.93. The first kappa shape index (κ1) is 21.7. The Labute approximate surface area is 178 Å². The van der Waals surface area contributed by atoms with Gasteiger partial charge in [-0.15, -0.1) is 0 Å². The minimum atomic E-state index is -0.188. The largest absolute Gasteiger partial charge is 0.493 e. The summed E-state index contributed by atoms with van der Waals surface area (Å²) in [6.07, 6.45) is 3.70. The van der Waals surface area contributed by atoms with Crippen LogP contribution in [0.5, 0.6) is 11.5 Å². The van der Waals surface area contributed by atoms with Crippen molar-refractivity contribution >= 4 is 16.9 Å². The van der Waals surface area contributed by atoms with Crippen LogP contribution in [0.2, 0.25) is 0 Å². The van der Waals surface area contributed by atoms with Crippen LogP contribution in [-0.2, 0) is 17.8 Å². The first-order valence-corrected chi connectivity index (χ1v) is 10.5. The van der Waals surface area contributed by atoms with Gasteiger partial charge in [0.05, 0.1) is 37.7 Å². The van der Waals surface area contributed by atoms with Crippen molar-refractivity contribution in [2.45, 2.75) is 52.1 Å². The number of fused-ring (bicyclic) bond motifs is 1. The smallest absolute Gasteiger partial charge is 0.224 e. The van der Waals surface area contributed by atoms with E-state index in [4.69, 9.17) is 14.5 Å². The summed E-state index contributed by atoms with van der Waals surface area (Å²) in [6.45, 7) is 5.09. The summed E-state index contributed by atoms with van der Waals surface area (Å²) >= 11 is 0. The highest BCUT2D eigenvalue weighted by atomic mass is 16.5. The Morgan fingerprint density at radius 3 is 2.60 bits per heavy atom. The molecule has 2 aromatic carbocycles. The number of aromatic nitrogens is 2. The lowest BCUT2D eigenvalue weighted by Crippen LogP contribution is -2.30. The van der Waals surface area contributed by atoms with Crippen LogP contribution in [0.25, 0.3) is 11.0 Å². The third-order valence-corrected chi connectivity index (χ3v) is 5.25. The molecule has 3 aromatic rings. The molecule has 0 fully saturated rings. The molecule has 0 saturated carbocycles. The first-order valence-electron chi connectivity index (χ1n) is 10.5. The summed E-state index contributed by atoms with van der Waals surface area (Å²) < 4.78 is 12.8. The summed E-state index contributed by atoms with van der Waals surface area (Å²) in [5, 5.41) is 3.11. The molecule has 6 nitrogen and oxygen atoms in total. The minimum absolute atomic E-state index is 0.0538. The Balaban J connectivity index is 1.75. The van der Waals surface area contributed by atoms with E-state index >= 15 is 0 Å². The molecule has 1 atom stereocenters. The average Bonchev–Trinajstić information content (AvgIpc) is 3.12. The number of methoxy groups -OCH3 is 2. The van der Waals surface area contributed by atoms with Gasteiger partial charge >= 0.3 is 0 Å². The number of carbonyl (C=O) groups is 1. The molecule has 0 aliphatic carbocycles. The number of imidazole rings is 1. The Morgan fingerprint density at radius 1 is 1.10 bits per heavy atom. The Kier molecular flexibility index (Phi) is 7.33. The number of carbonyl (C=O) groups excluding carboxylic acids is 1. The highest BCUT2D eigenvalue weighted by Gasteiger charge is 2.18. The number of nitrogens with zero attached hydrogens (tertiary/aromatic N) is 2. The number of ether oxygens (including phenoxy) is 2. The van der Waals surface area contributed by atoms with E-state index in [-0.39, 0.29) is 18.4 Å². The fraction of sp³-hybridized carbons (Fsp3) is 0.417. The second-order valence-corrected chi connectivity index (χ2v) is 7.47. The van der Waals surface area contributed by atoms with Crippen molar-refractivity contribution in [1.29, 1.82) is 0 Å². The SMILES string of the molecule is CCCCCn1c(C(C)NC(=O)Cc2ccc(OC)c(OC)c2)nc2ccccc21. The second-order valence-electron chi connectivity index (χ2n) is 7.47. The molecule has 3 rings (SSSR count). The van der Waals surface area contributed by atoms with Crippen molar-refractivity contribution in [3.05, 3.63) is 53.9 Å². The predicted molar refractivity (Wildman–Crippen MR) is 119 cm³/mol. The van der Waals surface area contributed by atoms with Crippen LogP contribution in [0.4, 0.5) is 0 Å². The van der Waals surface area contributed by atoms with Gasteiger partial charge in [-0.1, -0.05) is 38.0 Å². The quantitative estimate of drug-likeness (QED) is 0.495. The van der Waals surface area contributed by atoms with Gasteiger partial charge in [-0.25, -0.2) is 4.98 Å². The topological polar surface area (TPSA) is 65.4 Å². The highest BCUT2D eigenvalue weighted by molar-refractivity contribution is 5.80. The van der Waals surface area contributed by atoms with Crippen molar-refractivity contribution in [2.75, 3.05) is 14.2 Å². The van der Waals surface area contributed by atoms with Crippen molar-refractivity contribution in [3.8, 4) is 11.5 Å². The van der Waals surface area contributed by atoms with E-state index in [0.717, 1.165) is 35.4 Å². The summed E-state index contributed by atoms with van der Waals surface area (Å²) in [7, 11) is 3.19. The predicted octanol–water partition coefficient (Wildman–Crippen LogP) is 4.66. The van der Waals surface area contributed by atoms with E-state index in [2.05, 4.69) is 22.9 Å². The van der Waals surface area contributed by atoms with Gasteiger partial charge in [-0.3, -0.25) is 4.79 Å². The Hall–Kier alpha value is -3.02. The number of unbranched alkanes of at least 4 members (excludes halogenated alkanes) is 2. The molecule has 0 radical (unpaired) electrons. The summed E-state index contributed by atoms with van der Waals surface area (Å²) in [4.78, 5) is 17.5. The molecule has 0 saturated heterocycles. The van der Waals surface area contributed by atoms with E-state index in [1.807, 2.05) is 43.3 Å². The minimum Gasteiger partial charge on any atom is -0.493 e. The molecule has 1 heterocycles. The lowest BCUT2D eigenvalue weighted by atomic mass is 10.1. The van der Waals surface area contributed by atoms with Gasteiger partial charge in [0.25, 0.3) is 0 Å². The van der Waals surface area contributed by atoms with Crippen LogP contribution < -0.4 is 14.8 Å². The number of amides is 1. The van der Waals surface area contributed by atoms with Crippen molar-refractivity contribution in [3.63, 3.8) is 0 Å². The van der Waals surface area contributed by atoms with Crippen LogP contribution in [0.15, 0.2) is 42.5 Å². The van der Waals surface area contributed by atoms with Gasteiger partial charge in [0.1, 0.15) is 5.82 Å². The molecule has 0 aliphatic heterocycles. The lowest BCUT2D eigenvalue weighted by Gasteiger charge is -2.17. The molecule has 0 spiro atoms. The zero-order chi connectivity index (χ0) is 21.5. The zero-order valence-electron chi connectivity index (χ0n) is 18.3. The summed E-state index contributed by atoms with van der Waals surface area (Å²) in [6, 6.07) is 13.5. The standard InChI is InChI=1S/C24H31N3O3/c1-5-6-9-14-27-20-11-8-7-10-19(20)26-24(27)17(2)25-23(28)16-18-12-13-21(29-3)22(15-18)30-4/h7-8,10-13,15,17H,5-6,9,14,16H2,1-4H3,(H,25,28). The van der Waals surface area contributed by atoms with Crippen molar-refractivity contribution < 1.29 is 14.3 Å². The molecule has 0 aliphatic rings. The number of hydrogen-bond acceptors (Lipinski definition) is 4. The van der Waals surface area contributed by atoms with Crippen molar-refractivity contribution in [1.82, 2.24) is 14.9 Å². The fourth-order valence-corrected chi connectivity index (χ4v) is 3.71. The molecule has 0 bridgehead atoms. The molecule has 1 N–H and O–H groups in total. The Morgan fingerprint density at radius 2 is 1.87 bits per heavy atom. The zero-order valence-corrected chi connectivity index (χ0v) is 18.3. The number of aryl methyl sites for hydroxylation is 1. The number of nitrogens with one attached hydrogen (secondary N) is 1. The molecule has 1 aromatic heterocycles. The number of hydrogen-bond donors (Lipinski definition) is 1. The van der Waals surface area contributed by atoms with E-state index in [1.54, 1.807) is 14.2 Å². The van der Waals surface area contributed by atoms with Crippen molar-refractivity contribution in [2.24, 2.45) is 0 Å². The fourth-order valence-electron chi connectivity index (χ4n) is 3.71. The van der Waals surface area contributed by atoms with Crippen LogP contribution in [0, 0.1) is 0 Å². The molecule has 30 heavy (non-hydrogen) atoms. The van der Waals surface area contributed by atoms with Crippen LogP contribution in [0.1, 0.15) is 50.5 Å².